The highest BCUT2D eigenvalue weighted by Gasteiger charge is 2.28. The molecule has 2 atom stereocenters. The van der Waals surface area contributed by atoms with E-state index in [-0.39, 0.29) is 23.0 Å². The summed E-state index contributed by atoms with van der Waals surface area (Å²) >= 11 is 0. The molecule has 37 heavy (non-hydrogen) atoms. The first-order valence-electron chi connectivity index (χ1n) is 11.3. The molecular weight excluding hydrogens is 514 g/mol. The molecule has 0 aliphatic heterocycles. The maximum atomic E-state index is 12.3. The van der Waals surface area contributed by atoms with Crippen molar-refractivity contribution in [2.75, 3.05) is 0 Å². The van der Waals surface area contributed by atoms with Crippen LogP contribution in [0, 0.1) is 0 Å². The van der Waals surface area contributed by atoms with Crippen LogP contribution in [0.5, 0.6) is 23.0 Å². The van der Waals surface area contributed by atoms with Crippen molar-refractivity contribution in [3.05, 3.63) is 120 Å². The summed E-state index contributed by atoms with van der Waals surface area (Å²) in [6, 6.07) is 30.0. The highest BCUT2D eigenvalue weighted by Crippen LogP contribution is 2.46. The van der Waals surface area contributed by atoms with Gasteiger partial charge in [0.15, 0.2) is 0 Å². The molecule has 4 aromatic carbocycles. The van der Waals surface area contributed by atoms with Gasteiger partial charge in [-0.2, -0.15) is 0 Å². The third-order valence-corrected chi connectivity index (χ3v) is 7.29. The molecule has 0 fully saturated rings. The van der Waals surface area contributed by atoms with Crippen molar-refractivity contribution >= 4 is 15.6 Å². The standard InChI is InChI=1S/C27H26O8P2/c1-27(2,21-13-17-25(18-14-21)34-36(28,29)32-23-9-5-3-6-10-23)22-15-19-26(20-16-22)35-37(30,31)33-24-11-7-4-8-12-24/h3-20H,1-2H3,(H,28,29)(H,30,31). The van der Waals surface area contributed by atoms with Gasteiger partial charge < -0.3 is 18.1 Å². The highest BCUT2D eigenvalue weighted by atomic mass is 31.2. The van der Waals surface area contributed by atoms with E-state index >= 15 is 0 Å². The van der Waals surface area contributed by atoms with Gasteiger partial charge in [-0.25, -0.2) is 9.13 Å². The number of phosphoric acid groups is 2. The number of hydrogen-bond acceptors (Lipinski definition) is 6. The van der Waals surface area contributed by atoms with Gasteiger partial charge in [0.05, 0.1) is 0 Å². The number of benzene rings is 4. The molecule has 10 heteroatoms. The summed E-state index contributed by atoms with van der Waals surface area (Å²) in [4.78, 5) is 20.1. The average molecular weight is 540 g/mol. The second-order valence-electron chi connectivity index (χ2n) is 8.60. The zero-order valence-corrected chi connectivity index (χ0v) is 21.9. The van der Waals surface area contributed by atoms with Crippen molar-refractivity contribution < 1.29 is 37.0 Å². The van der Waals surface area contributed by atoms with Crippen LogP contribution in [-0.2, 0) is 14.5 Å². The molecular formula is C27H26O8P2. The van der Waals surface area contributed by atoms with Gasteiger partial charge in [0.25, 0.3) is 0 Å². The molecule has 0 saturated heterocycles. The lowest BCUT2D eigenvalue weighted by Gasteiger charge is -2.26. The Bertz CT molecular complexity index is 1300. The summed E-state index contributed by atoms with van der Waals surface area (Å²) in [5.74, 6) is 0.815. The van der Waals surface area contributed by atoms with Crippen LogP contribution < -0.4 is 18.1 Å². The molecule has 0 spiro atoms. The van der Waals surface area contributed by atoms with Crippen LogP contribution >= 0.6 is 15.6 Å². The Morgan fingerprint density at radius 2 is 0.757 bits per heavy atom. The SMILES string of the molecule is CC(C)(c1ccc(OP(=O)(O)Oc2ccccc2)cc1)c1ccc(OP(=O)(O)Oc2ccccc2)cc1. The van der Waals surface area contributed by atoms with Crippen LogP contribution in [0.15, 0.2) is 109 Å². The van der Waals surface area contributed by atoms with E-state index in [0.717, 1.165) is 11.1 Å². The molecule has 2 unspecified atom stereocenters. The molecule has 8 nitrogen and oxygen atoms in total. The molecule has 0 aliphatic carbocycles. The average Bonchev–Trinajstić information content (AvgIpc) is 2.85. The Balaban J connectivity index is 1.41. The van der Waals surface area contributed by atoms with E-state index in [1.54, 1.807) is 109 Å². The van der Waals surface area contributed by atoms with E-state index in [4.69, 9.17) is 18.1 Å². The molecule has 0 heterocycles. The summed E-state index contributed by atoms with van der Waals surface area (Å²) < 4.78 is 45.2. The van der Waals surface area contributed by atoms with Gasteiger partial charge in [-0.15, -0.1) is 0 Å². The van der Waals surface area contributed by atoms with E-state index < -0.39 is 21.1 Å². The monoisotopic (exact) mass is 540 g/mol. The van der Waals surface area contributed by atoms with Crippen molar-refractivity contribution in [3.8, 4) is 23.0 Å². The lowest BCUT2D eigenvalue weighted by atomic mass is 9.78. The van der Waals surface area contributed by atoms with Gasteiger partial charge in [0.1, 0.15) is 23.0 Å². The Kier molecular flexibility index (Phi) is 7.76. The van der Waals surface area contributed by atoms with Gasteiger partial charge in [-0.05, 0) is 59.7 Å². The second-order valence-corrected chi connectivity index (χ2v) is 11.2. The minimum absolute atomic E-state index is 0.183. The van der Waals surface area contributed by atoms with E-state index in [1.165, 1.54) is 0 Å². The van der Waals surface area contributed by atoms with Gasteiger partial charge in [-0.1, -0.05) is 74.5 Å². The molecule has 2 N–H and O–H groups in total. The Morgan fingerprint density at radius 3 is 1.05 bits per heavy atom. The third-order valence-electron chi connectivity index (χ3n) is 5.52. The zero-order chi connectivity index (χ0) is 26.5. The fourth-order valence-corrected chi connectivity index (χ4v) is 5.19. The van der Waals surface area contributed by atoms with Crippen LogP contribution in [0.2, 0.25) is 0 Å². The predicted octanol–water partition coefficient (Wildman–Crippen LogP) is 7.13. The molecule has 192 valence electrons. The van der Waals surface area contributed by atoms with Crippen LogP contribution in [0.1, 0.15) is 25.0 Å². The topological polar surface area (TPSA) is 112 Å². The summed E-state index contributed by atoms with van der Waals surface area (Å²) in [7, 11) is -8.73. The van der Waals surface area contributed by atoms with Crippen LogP contribution in [0.3, 0.4) is 0 Å². The number of rotatable bonds is 10. The minimum atomic E-state index is -4.36. The van der Waals surface area contributed by atoms with Gasteiger partial charge >= 0.3 is 15.6 Å². The van der Waals surface area contributed by atoms with Gasteiger partial charge in [0, 0.05) is 5.41 Å². The van der Waals surface area contributed by atoms with Gasteiger partial charge in [0.2, 0.25) is 0 Å². The Hall–Kier alpha value is -3.54. The van der Waals surface area contributed by atoms with Crippen LogP contribution in [0.4, 0.5) is 0 Å². The van der Waals surface area contributed by atoms with Crippen LogP contribution in [0.25, 0.3) is 0 Å². The molecule has 0 amide bonds. The molecule has 0 radical (unpaired) electrons. The summed E-state index contributed by atoms with van der Waals surface area (Å²) in [5, 5.41) is 0. The maximum absolute atomic E-state index is 12.3. The zero-order valence-electron chi connectivity index (χ0n) is 20.1. The van der Waals surface area contributed by atoms with E-state index in [9.17, 15) is 18.9 Å². The molecule has 0 saturated carbocycles. The summed E-state index contributed by atoms with van der Waals surface area (Å²) in [5.41, 5.74) is 1.35. The number of para-hydroxylation sites is 2. The fraction of sp³-hybridized carbons (Fsp3) is 0.111. The normalized spacial score (nSPS) is 14.6. The number of hydrogen-bond donors (Lipinski definition) is 2. The fourth-order valence-electron chi connectivity index (χ4n) is 3.56. The molecule has 4 rings (SSSR count). The molecule has 0 aliphatic rings. The van der Waals surface area contributed by atoms with E-state index in [0.29, 0.717) is 0 Å². The van der Waals surface area contributed by atoms with Crippen molar-refractivity contribution in [2.45, 2.75) is 19.3 Å². The summed E-state index contributed by atoms with van der Waals surface area (Å²) in [6.45, 7) is 4.01. The summed E-state index contributed by atoms with van der Waals surface area (Å²) in [6.07, 6.45) is 0. The van der Waals surface area contributed by atoms with Gasteiger partial charge in [-0.3, -0.25) is 9.79 Å². The highest BCUT2D eigenvalue weighted by molar-refractivity contribution is 7.48. The Morgan fingerprint density at radius 1 is 0.486 bits per heavy atom. The first-order chi connectivity index (χ1) is 17.5. The quantitative estimate of drug-likeness (QED) is 0.204. The van der Waals surface area contributed by atoms with Crippen LogP contribution in [-0.4, -0.2) is 9.79 Å². The van der Waals surface area contributed by atoms with Crippen molar-refractivity contribution in [2.24, 2.45) is 0 Å². The van der Waals surface area contributed by atoms with Crippen molar-refractivity contribution in [1.82, 2.24) is 0 Å². The Labute approximate surface area is 215 Å². The second kappa shape index (κ2) is 10.8. The maximum Gasteiger partial charge on any atom is 0.584 e. The predicted molar refractivity (Wildman–Crippen MR) is 140 cm³/mol. The lowest BCUT2D eigenvalue weighted by Crippen LogP contribution is -2.18. The van der Waals surface area contributed by atoms with E-state index in [2.05, 4.69) is 0 Å². The molecule has 0 bridgehead atoms. The molecule has 0 aromatic heterocycles. The first kappa shape index (κ1) is 26.5. The molecule has 4 aromatic rings. The van der Waals surface area contributed by atoms with Crippen molar-refractivity contribution in [1.29, 1.82) is 0 Å². The minimum Gasteiger partial charge on any atom is -0.395 e. The lowest BCUT2D eigenvalue weighted by molar-refractivity contribution is 0.289. The third kappa shape index (κ3) is 7.25. The van der Waals surface area contributed by atoms with Crippen molar-refractivity contribution in [3.63, 3.8) is 0 Å². The number of phosphoric ester groups is 2. The smallest absolute Gasteiger partial charge is 0.395 e. The first-order valence-corrected chi connectivity index (χ1v) is 14.3. The van der Waals surface area contributed by atoms with E-state index in [1.807, 2.05) is 13.8 Å². The largest absolute Gasteiger partial charge is 0.584 e.